The first-order valence-corrected chi connectivity index (χ1v) is 4.58. The zero-order valence-corrected chi connectivity index (χ0v) is 8.58. The molecule has 0 bridgehead atoms. The number of aliphatic imine (C=N–C) groups is 1. The van der Waals surface area contributed by atoms with Crippen LogP contribution in [0.3, 0.4) is 0 Å². The Balaban J connectivity index is 4.15. The zero-order valence-electron chi connectivity index (χ0n) is 8.58. The standard InChI is InChI=1S/C10H18N2O/c1-4-6-12-9(5-2)7-8(3)10(11)13/h5-6,8H,4,7H2,1-3H3,(H2,11,13)/b9-5-,12-6?. The maximum atomic E-state index is 10.8. The number of carbonyl (C=O) groups excluding carboxylic acids is 1. The summed E-state index contributed by atoms with van der Waals surface area (Å²) in [6.07, 6.45) is 5.28. The summed E-state index contributed by atoms with van der Waals surface area (Å²) in [4.78, 5) is 15.0. The van der Waals surface area contributed by atoms with Gasteiger partial charge in [0.25, 0.3) is 0 Å². The van der Waals surface area contributed by atoms with Crippen LogP contribution in [-0.4, -0.2) is 12.1 Å². The molecule has 0 saturated heterocycles. The van der Waals surface area contributed by atoms with Crippen molar-refractivity contribution in [2.45, 2.75) is 33.6 Å². The van der Waals surface area contributed by atoms with Gasteiger partial charge in [0.1, 0.15) is 0 Å². The molecule has 0 fully saturated rings. The molecule has 0 aliphatic carbocycles. The largest absolute Gasteiger partial charge is 0.369 e. The van der Waals surface area contributed by atoms with Crippen molar-refractivity contribution >= 4 is 12.1 Å². The molecule has 3 nitrogen and oxygen atoms in total. The summed E-state index contributed by atoms with van der Waals surface area (Å²) >= 11 is 0. The van der Waals surface area contributed by atoms with Crippen molar-refractivity contribution in [3.05, 3.63) is 11.8 Å². The molecule has 0 radical (unpaired) electrons. The second kappa shape index (κ2) is 6.40. The third-order valence-electron chi connectivity index (χ3n) is 1.77. The molecule has 13 heavy (non-hydrogen) atoms. The van der Waals surface area contributed by atoms with Crippen molar-refractivity contribution < 1.29 is 4.79 Å². The van der Waals surface area contributed by atoms with Gasteiger partial charge in [0, 0.05) is 24.3 Å². The van der Waals surface area contributed by atoms with Crippen LogP contribution in [0.2, 0.25) is 0 Å². The van der Waals surface area contributed by atoms with Crippen molar-refractivity contribution in [2.75, 3.05) is 0 Å². The van der Waals surface area contributed by atoms with E-state index >= 15 is 0 Å². The van der Waals surface area contributed by atoms with Gasteiger partial charge in [-0.3, -0.25) is 9.79 Å². The average Bonchev–Trinajstić information content (AvgIpc) is 2.11. The van der Waals surface area contributed by atoms with Crippen molar-refractivity contribution in [2.24, 2.45) is 16.6 Å². The van der Waals surface area contributed by atoms with E-state index < -0.39 is 0 Å². The van der Waals surface area contributed by atoms with Crippen LogP contribution < -0.4 is 5.73 Å². The highest BCUT2D eigenvalue weighted by atomic mass is 16.1. The van der Waals surface area contributed by atoms with Crippen molar-refractivity contribution in [3.63, 3.8) is 0 Å². The molecule has 0 aromatic carbocycles. The van der Waals surface area contributed by atoms with Crippen LogP contribution in [0.25, 0.3) is 0 Å². The van der Waals surface area contributed by atoms with E-state index in [-0.39, 0.29) is 11.8 Å². The first-order chi connectivity index (χ1) is 6.11. The number of carbonyl (C=O) groups is 1. The number of hydrogen-bond acceptors (Lipinski definition) is 2. The molecule has 74 valence electrons. The van der Waals surface area contributed by atoms with E-state index in [9.17, 15) is 4.79 Å². The van der Waals surface area contributed by atoms with Crippen LogP contribution in [0.1, 0.15) is 33.6 Å². The van der Waals surface area contributed by atoms with Gasteiger partial charge in [0.2, 0.25) is 5.91 Å². The van der Waals surface area contributed by atoms with Gasteiger partial charge >= 0.3 is 0 Å². The van der Waals surface area contributed by atoms with Crippen molar-refractivity contribution in [1.29, 1.82) is 0 Å². The highest BCUT2D eigenvalue weighted by Gasteiger charge is 2.09. The minimum absolute atomic E-state index is 0.139. The van der Waals surface area contributed by atoms with E-state index in [2.05, 4.69) is 4.99 Å². The van der Waals surface area contributed by atoms with Gasteiger partial charge in [0.05, 0.1) is 0 Å². The SMILES string of the molecule is C/C=C(/CC(C)C(N)=O)N=CCC. The molecule has 0 spiro atoms. The predicted molar refractivity (Wildman–Crippen MR) is 55.5 cm³/mol. The van der Waals surface area contributed by atoms with Crippen LogP contribution in [0.15, 0.2) is 16.8 Å². The monoisotopic (exact) mass is 182 g/mol. The number of rotatable bonds is 5. The molecule has 1 unspecified atom stereocenters. The maximum absolute atomic E-state index is 10.8. The van der Waals surface area contributed by atoms with Gasteiger partial charge in [-0.25, -0.2) is 0 Å². The number of allylic oxidation sites excluding steroid dienone is 2. The summed E-state index contributed by atoms with van der Waals surface area (Å²) in [5.74, 6) is -0.411. The van der Waals surface area contributed by atoms with Gasteiger partial charge in [-0.2, -0.15) is 0 Å². The second-order valence-corrected chi connectivity index (χ2v) is 3.01. The Morgan fingerprint density at radius 1 is 1.62 bits per heavy atom. The van der Waals surface area contributed by atoms with E-state index in [1.165, 1.54) is 0 Å². The average molecular weight is 182 g/mol. The van der Waals surface area contributed by atoms with Crippen LogP contribution in [0.5, 0.6) is 0 Å². The first-order valence-electron chi connectivity index (χ1n) is 4.58. The van der Waals surface area contributed by atoms with E-state index in [1.807, 2.05) is 33.1 Å². The molecule has 0 aromatic heterocycles. The lowest BCUT2D eigenvalue weighted by atomic mass is 10.1. The molecule has 0 heterocycles. The van der Waals surface area contributed by atoms with E-state index in [4.69, 9.17) is 5.73 Å². The molecule has 2 N–H and O–H groups in total. The smallest absolute Gasteiger partial charge is 0.220 e. The summed E-state index contributed by atoms with van der Waals surface area (Å²) in [7, 11) is 0. The molecule has 0 aliphatic heterocycles. The van der Waals surface area contributed by atoms with Gasteiger partial charge in [-0.1, -0.05) is 19.9 Å². The Bertz CT molecular complexity index is 219. The molecule has 0 rings (SSSR count). The summed E-state index contributed by atoms with van der Waals surface area (Å²) < 4.78 is 0. The van der Waals surface area contributed by atoms with E-state index in [0.717, 1.165) is 12.1 Å². The van der Waals surface area contributed by atoms with Gasteiger partial charge in [-0.05, 0) is 13.3 Å². The molecule has 0 aliphatic rings. The fraction of sp³-hybridized carbons (Fsp3) is 0.600. The molecular formula is C10H18N2O. The topological polar surface area (TPSA) is 55.5 Å². The van der Waals surface area contributed by atoms with Gasteiger partial charge in [-0.15, -0.1) is 0 Å². The molecule has 0 saturated carbocycles. The molecule has 3 heteroatoms. The third-order valence-corrected chi connectivity index (χ3v) is 1.77. The van der Waals surface area contributed by atoms with Gasteiger partial charge in [0.15, 0.2) is 0 Å². The Kier molecular flexibility index (Phi) is 5.85. The molecule has 0 aromatic rings. The lowest BCUT2D eigenvalue weighted by molar-refractivity contribution is -0.121. The molecule has 1 amide bonds. The van der Waals surface area contributed by atoms with E-state index in [1.54, 1.807) is 0 Å². The quantitative estimate of drug-likeness (QED) is 0.648. The highest BCUT2D eigenvalue weighted by Crippen LogP contribution is 2.11. The Morgan fingerprint density at radius 2 is 2.23 bits per heavy atom. The van der Waals surface area contributed by atoms with Crippen molar-refractivity contribution in [1.82, 2.24) is 0 Å². The maximum Gasteiger partial charge on any atom is 0.220 e. The fourth-order valence-electron chi connectivity index (χ4n) is 0.868. The number of amides is 1. The second-order valence-electron chi connectivity index (χ2n) is 3.01. The van der Waals surface area contributed by atoms with Gasteiger partial charge < -0.3 is 5.73 Å². The normalized spacial score (nSPS) is 14.8. The van der Waals surface area contributed by atoms with Crippen LogP contribution in [0.4, 0.5) is 0 Å². The fourth-order valence-corrected chi connectivity index (χ4v) is 0.868. The zero-order chi connectivity index (χ0) is 10.3. The molecular weight excluding hydrogens is 164 g/mol. The number of primary amides is 1. The number of nitrogens with two attached hydrogens (primary N) is 1. The minimum Gasteiger partial charge on any atom is -0.369 e. The van der Waals surface area contributed by atoms with Crippen LogP contribution in [-0.2, 0) is 4.79 Å². The Morgan fingerprint density at radius 3 is 2.62 bits per heavy atom. The Labute approximate surface area is 79.7 Å². The summed E-state index contributed by atoms with van der Waals surface area (Å²) in [6.45, 7) is 5.75. The number of hydrogen-bond donors (Lipinski definition) is 1. The predicted octanol–water partition coefficient (Wildman–Crippen LogP) is 1.88. The minimum atomic E-state index is -0.272. The Hall–Kier alpha value is -1.12. The van der Waals surface area contributed by atoms with Crippen LogP contribution in [0, 0.1) is 5.92 Å². The lowest BCUT2D eigenvalue weighted by Gasteiger charge is -2.06. The lowest BCUT2D eigenvalue weighted by Crippen LogP contribution is -2.20. The third kappa shape index (κ3) is 5.17. The molecule has 1 atom stereocenters. The summed E-state index contributed by atoms with van der Waals surface area (Å²) in [5, 5.41) is 0. The van der Waals surface area contributed by atoms with E-state index in [0.29, 0.717) is 6.42 Å². The first kappa shape index (κ1) is 11.9. The highest BCUT2D eigenvalue weighted by molar-refractivity contribution is 5.76. The summed E-state index contributed by atoms with van der Waals surface area (Å²) in [6, 6.07) is 0. The number of nitrogens with zero attached hydrogens (tertiary/aromatic N) is 1. The van der Waals surface area contributed by atoms with Crippen LogP contribution >= 0.6 is 0 Å². The summed E-state index contributed by atoms with van der Waals surface area (Å²) in [5.41, 5.74) is 6.07. The van der Waals surface area contributed by atoms with Crippen molar-refractivity contribution in [3.8, 4) is 0 Å².